The van der Waals surface area contributed by atoms with Gasteiger partial charge >= 0.3 is 17.9 Å². The van der Waals surface area contributed by atoms with Gasteiger partial charge in [0.2, 0.25) is 0 Å². The van der Waals surface area contributed by atoms with Crippen molar-refractivity contribution >= 4 is 23.7 Å². The van der Waals surface area contributed by atoms with Crippen molar-refractivity contribution < 1.29 is 38.5 Å². The molecule has 3 atom stereocenters. The van der Waals surface area contributed by atoms with E-state index in [0.29, 0.717) is 0 Å². The highest BCUT2D eigenvalue weighted by molar-refractivity contribution is 5.96. The van der Waals surface area contributed by atoms with Crippen molar-refractivity contribution in [1.29, 1.82) is 0 Å². The molecule has 1 aliphatic carbocycles. The molecule has 1 aliphatic heterocycles. The number of hydrogen-bond acceptors (Lipinski definition) is 8. The molecular formula is C22H28O8. The average Bonchev–Trinajstić information content (AvgIpc) is 2.90. The largest absolute Gasteiger partial charge is 0.461 e. The van der Waals surface area contributed by atoms with Gasteiger partial charge in [0.15, 0.2) is 0 Å². The molecule has 0 spiro atoms. The number of Topliss-reactive ketones (excluding diaryl/α,β-unsaturated/α-hetero) is 1. The topological polar surface area (TPSA) is 116 Å². The summed E-state index contributed by atoms with van der Waals surface area (Å²) in [5.74, 6) is -2.53. The lowest BCUT2D eigenvalue weighted by Crippen LogP contribution is -2.31. The standard InChI is InChI=1S/C22H28O8/c1-12(2)8-19(25)29-17-9-13(3)16(24)6-7-22(5,27)10-18-20(17)15(21(26)30-18)11-28-14(4)23/h8,10,13,17,27H,6-7,9,11H2,1-5H3/b18-10+/t13-,17+,22-/m1/s1. The Balaban J connectivity index is 2.61. The van der Waals surface area contributed by atoms with Crippen molar-refractivity contribution in [2.24, 2.45) is 5.92 Å². The second-order valence-corrected chi connectivity index (χ2v) is 8.18. The summed E-state index contributed by atoms with van der Waals surface area (Å²) in [6, 6.07) is 0. The first-order chi connectivity index (χ1) is 13.9. The van der Waals surface area contributed by atoms with Gasteiger partial charge in [0.1, 0.15) is 24.3 Å². The molecule has 8 heteroatoms. The lowest BCUT2D eigenvalue weighted by Gasteiger charge is -2.27. The summed E-state index contributed by atoms with van der Waals surface area (Å²) < 4.78 is 15.9. The van der Waals surface area contributed by atoms with Crippen LogP contribution in [-0.2, 0) is 33.4 Å². The molecule has 1 N–H and O–H groups in total. The van der Waals surface area contributed by atoms with Crippen molar-refractivity contribution in [2.75, 3.05) is 6.61 Å². The fourth-order valence-electron chi connectivity index (χ4n) is 3.31. The predicted molar refractivity (Wildman–Crippen MR) is 106 cm³/mol. The molecule has 0 saturated heterocycles. The fraction of sp³-hybridized carbons (Fsp3) is 0.545. The fourth-order valence-corrected chi connectivity index (χ4v) is 3.31. The van der Waals surface area contributed by atoms with E-state index in [1.807, 2.05) is 0 Å². The van der Waals surface area contributed by atoms with E-state index in [0.717, 1.165) is 5.57 Å². The molecule has 8 nitrogen and oxygen atoms in total. The van der Waals surface area contributed by atoms with E-state index in [1.54, 1.807) is 20.8 Å². The van der Waals surface area contributed by atoms with Gasteiger partial charge < -0.3 is 19.3 Å². The number of carbonyl (C=O) groups is 4. The minimum atomic E-state index is -1.43. The zero-order valence-electron chi connectivity index (χ0n) is 17.9. The number of rotatable bonds is 4. The van der Waals surface area contributed by atoms with Gasteiger partial charge in [-0.1, -0.05) is 12.5 Å². The van der Waals surface area contributed by atoms with Crippen molar-refractivity contribution in [3.63, 3.8) is 0 Å². The quantitative estimate of drug-likeness (QED) is 0.418. The van der Waals surface area contributed by atoms with Crippen LogP contribution < -0.4 is 0 Å². The summed E-state index contributed by atoms with van der Waals surface area (Å²) in [6.45, 7) is 7.50. The van der Waals surface area contributed by atoms with Crippen LogP contribution >= 0.6 is 0 Å². The third-order valence-electron chi connectivity index (χ3n) is 4.88. The number of fused-ring (bicyclic) bond motifs is 1. The predicted octanol–water partition coefficient (Wildman–Crippen LogP) is 2.30. The molecule has 0 aromatic rings. The monoisotopic (exact) mass is 420 g/mol. The number of hydrogen-bond donors (Lipinski definition) is 1. The van der Waals surface area contributed by atoms with Gasteiger partial charge in [-0.15, -0.1) is 0 Å². The molecule has 0 bridgehead atoms. The molecule has 2 rings (SSSR count). The van der Waals surface area contributed by atoms with Crippen LogP contribution in [0.1, 0.15) is 53.9 Å². The molecule has 0 unspecified atom stereocenters. The Hall–Kier alpha value is -2.74. The molecular weight excluding hydrogens is 392 g/mol. The Bertz CT molecular complexity index is 839. The third-order valence-corrected chi connectivity index (χ3v) is 4.88. The summed E-state index contributed by atoms with van der Waals surface area (Å²) >= 11 is 0. The number of allylic oxidation sites excluding steroid dienone is 1. The van der Waals surface area contributed by atoms with Gasteiger partial charge in [-0.05, 0) is 39.7 Å². The molecule has 1 heterocycles. The van der Waals surface area contributed by atoms with E-state index in [-0.39, 0.29) is 48.6 Å². The van der Waals surface area contributed by atoms with E-state index in [9.17, 15) is 24.3 Å². The van der Waals surface area contributed by atoms with Crippen LogP contribution in [0.4, 0.5) is 0 Å². The highest BCUT2D eigenvalue weighted by Crippen LogP contribution is 2.37. The van der Waals surface area contributed by atoms with Crippen LogP contribution in [0.15, 0.2) is 34.6 Å². The number of ether oxygens (including phenoxy) is 3. The maximum atomic E-state index is 12.5. The molecule has 0 radical (unpaired) electrons. The summed E-state index contributed by atoms with van der Waals surface area (Å²) in [4.78, 5) is 48.6. The number of carbonyl (C=O) groups excluding carboxylic acids is 4. The van der Waals surface area contributed by atoms with Crippen molar-refractivity contribution in [3.8, 4) is 0 Å². The van der Waals surface area contributed by atoms with E-state index < -0.39 is 35.5 Å². The summed E-state index contributed by atoms with van der Waals surface area (Å²) in [7, 11) is 0. The minimum Gasteiger partial charge on any atom is -0.461 e. The van der Waals surface area contributed by atoms with Crippen LogP contribution in [0.3, 0.4) is 0 Å². The Morgan fingerprint density at radius 1 is 1.30 bits per heavy atom. The van der Waals surface area contributed by atoms with Crippen LogP contribution in [0.2, 0.25) is 0 Å². The molecule has 0 saturated carbocycles. The van der Waals surface area contributed by atoms with Crippen molar-refractivity contribution in [2.45, 2.75) is 65.6 Å². The first-order valence-corrected chi connectivity index (χ1v) is 9.82. The van der Waals surface area contributed by atoms with E-state index in [1.165, 1.54) is 26.0 Å². The second-order valence-electron chi connectivity index (χ2n) is 8.18. The first kappa shape index (κ1) is 23.5. The number of aliphatic hydroxyl groups is 1. The Morgan fingerprint density at radius 2 is 1.97 bits per heavy atom. The van der Waals surface area contributed by atoms with Crippen molar-refractivity contribution in [3.05, 3.63) is 34.6 Å². The molecule has 0 aromatic heterocycles. The lowest BCUT2D eigenvalue weighted by atomic mass is 9.85. The van der Waals surface area contributed by atoms with E-state index in [4.69, 9.17) is 14.2 Å². The van der Waals surface area contributed by atoms with Crippen LogP contribution in [0.25, 0.3) is 0 Å². The zero-order chi connectivity index (χ0) is 22.6. The van der Waals surface area contributed by atoms with E-state index in [2.05, 4.69) is 0 Å². The molecule has 0 amide bonds. The third kappa shape index (κ3) is 6.13. The molecule has 0 fully saturated rings. The SMILES string of the molecule is CC(=O)OCC1=C2/C(=C\[C@](C)(O)CCC(=O)[C@H](C)C[C@@H]2OC(=O)C=C(C)C)OC1=O. The molecule has 30 heavy (non-hydrogen) atoms. The highest BCUT2D eigenvalue weighted by Gasteiger charge is 2.40. The van der Waals surface area contributed by atoms with E-state index >= 15 is 0 Å². The summed E-state index contributed by atoms with van der Waals surface area (Å²) in [5.41, 5.74) is -0.490. The van der Waals surface area contributed by atoms with Crippen LogP contribution in [0.5, 0.6) is 0 Å². The average molecular weight is 420 g/mol. The Labute approximate surface area is 175 Å². The lowest BCUT2D eigenvalue weighted by molar-refractivity contribution is -0.143. The highest BCUT2D eigenvalue weighted by atomic mass is 16.6. The van der Waals surface area contributed by atoms with Gasteiger partial charge in [-0.2, -0.15) is 0 Å². The van der Waals surface area contributed by atoms with Gasteiger partial charge in [-0.3, -0.25) is 9.59 Å². The Kier molecular flexibility index (Phi) is 7.36. The van der Waals surface area contributed by atoms with Gasteiger partial charge in [0, 0.05) is 30.9 Å². The van der Waals surface area contributed by atoms with Crippen LogP contribution in [0, 0.1) is 5.92 Å². The first-order valence-electron chi connectivity index (χ1n) is 9.82. The normalized spacial score (nSPS) is 28.7. The maximum Gasteiger partial charge on any atom is 0.343 e. The number of ketones is 1. The zero-order valence-corrected chi connectivity index (χ0v) is 17.9. The second kappa shape index (κ2) is 9.38. The smallest absolute Gasteiger partial charge is 0.343 e. The minimum absolute atomic E-state index is 0.0162. The molecule has 0 aromatic carbocycles. The number of esters is 3. The summed E-state index contributed by atoms with van der Waals surface area (Å²) in [5, 5.41) is 10.7. The molecule has 2 aliphatic rings. The van der Waals surface area contributed by atoms with Gasteiger partial charge in [0.05, 0.1) is 11.2 Å². The maximum absolute atomic E-state index is 12.5. The van der Waals surface area contributed by atoms with Crippen molar-refractivity contribution in [1.82, 2.24) is 0 Å². The van der Waals surface area contributed by atoms with Gasteiger partial charge in [-0.25, -0.2) is 9.59 Å². The Morgan fingerprint density at radius 3 is 2.57 bits per heavy atom. The molecule has 164 valence electrons. The van der Waals surface area contributed by atoms with Gasteiger partial charge in [0.25, 0.3) is 0 Å². The summed E-state index contributed by atoms with van der Waals surface area (Å²) in [6.07, 6.45) is 2.03. The van der Waals surface area contributed by atoms with Crippen LogP contribution in [-0.4, -0.2) is 47.1 Å².